The van der Waals surface area contributed by atoms with Crippen molar-refractivity contribution in [3.63, 3.8) is 0 Å². The van der Waals surface area contributed by atoms with Crippen LogP contribution in [0.1, 0.15) is 37.4 Å². The van der Waals surface area contributed by atoms with Gasteiger partial charge < -0.3 is 10.2 Å². The van der Waals surface area contributed by atoms with Crippen molar-refractivity contribution in [1.82, 2.24) is 15.2 Å². The molecular formula is C14H23N3OS. The number of hydrogen-bond acceptors (Lipinski definition) is 4. The molecule has 1 aliphatic rings. The van der Waals surface area contributed by atoms with Crippen LogP contribution < -0.4 is 5.32 Å². The molecule has 0 aromatic carbocycles. The van der Waals surface area contributed by atoms with Gasteiger partial charge in [-0.3, -0.25) is 4.79 Å². The number of nitrogens with zero attached hydrogens (tertiary/aromatic N) is 2. The largest absolute Gasteiger partial charge is 0.338 e. The fourth-order valence-corrected chi connectivity index (χ4v) is 3.26. The van der Waals surface area contributed by atoms with Gasteiger partial charge in [0, 0.05) is 12.4 Å². The number of piperidine rings is 1. The Hall–Kier alpha value is -0.940. The Morgan fingerprint density at radius 3 is 2.95 bits per heavy atom. The molecule has 0 aliphatic carbocycles. The molecule has 1 saturated heterocycles. The molecule has 0 bridgehead atoms. The zero-order chi connectivity index (χ0) is 14.0. The number of amides is 1. The zero-order valence-electron chi connectivity index (χ0n) is 12.2. The molecule has 0 saturated carbocycles. The van der Waals surface area contributed by atoms with Gasteiger partial charge in [0.05, 0.1) is 23.3 Å². The van der Waals surface area contributed by atoms with Crippen molar-refractivity contribution in [2.75, 3.05) is 13.6 Å². The standard InChI is InChI=1S/C14H23N3OS/c1-10-16-11(9-19-10)8-17(4)13(18)12-14(2,3)6-5-7-15-12/h9,12,15H,5-8H2,1-4H3. The molecule has 1 aromatic heterocycles. The molecule has 0 radical (unpaired) electrons. The van der Waals surface area contributed by atoms with E-state index in [1.54, 1.807) is 16.2 Å². The highest BCUT2D eigenvalue weighted by molar-refractivity contribution is 7.09. The van der Waals surface area contributed by atoms with Crippen LogP contribution in [0.2, 0.25) is 0 Å². The average Bonchev–Trinajstić information content (AvgIpc) is 2.73. The fourth-order valence-electron chi connectivity index (χ4n) is 2.65. The van der Waals surface area contributed by atoms with Gasteiger partial charge in [0.2, 0.25) is 5.91 Å². The Kier molecular flexibility index (Phi) is 4.26. The molecule has 1 amide bonds. The summed E-state index contributed by atoms with van der Waals surface area (Å²) in [7, 11) is 1.86. The van der Waals surface area contributed by atoms with E-state index in [2.05, 4.69) is 24.1 Å². The average molecular weight is 281 g/mol. The van der Waals surface area contributed by atoms with E-state index in [9.17, 15) is 4.79 Å². The van der Waals surface area contributed by atoms with Crippen LogP contribution in [0, 0.1) is 12.3 Å². The fraction of sp³-hybridized carbons (Fsp3) is 0.714. The van der Waals surface area contributed by atoms with Crippen molar-refractivity contribution in [2.24, 2.45) is 5.41 Å². The summed E-state index contributed by atoms with van der Waals surface area (Å²) in [6, 6.07) is -0.0778. The molecule has 1 unspecified atom stereocenters. The van der Waals surface area contributed by atoms with Crippen LogP contribution in [-0.4, -0.2) is 35.4 Å². The highest BCUT2D eigenvalue weighted by Crippen LogP contribution is 2.31. The Balaban J connectivity index is 2.02. The first-order chi connectivity index (χ1) is 8.90. The van der Waals surface area contributed by atoms with Crippen LogP contribution >= 0.6 is 11.3 Å². The first kappa shape index (κ1) is 14.5. The predicted octanol–water partition coefficient (Wildman–Crippen LogP) is 2.19. The Morgan fingerprint density at radius 1 is 1.63 bits per heavy atom. The van der Waals surface area contributed by atoms with Crippen LogP contribution in [0.4, 0.5) is 0 Å². The summed E-state index contributed by atoms with van der Waals surface area (Å²) in [4.78, 5) is 18.8. The first-order valence-electron chi connectivity index (χ1n) is 6.79. The quantitative estimate of drug-likeness (QED) is 0.923. The van der Waals surface area contributed by atoms with Gasteiger partial charge >= 0.3 is 0 Å². The lowest BCUT2D eigenvalue weighted by Gasteiger charge is -2.40. The maximum Gasteiger partial charge on any atom is 0.240 e. The molecule has 2 heterocycles. The van der Waals surface area contributed by atoms with Crippen molar-refractivity contribution in [1.29, 1.82) is 0 Å². The second-order valence-electron chi connectivity index (χ2n) is 6.03. The smallest absolute Gasteiger partial charge is 0.240 e. The van der Waals surface area contributed by atoms with E-state index in [4.69, 9.17) is 0 Å². The number of aromatic nitrogens is 1. The van der Waals surface area contributed by atoms with Gasteiger partial charge in [-0.05, 0) is 31.7 Å². The third kappa shape index (κ3) is 3.34. The van der Waals surface area contributed by atoms with E-state index in [0.29, 0.717) is 6.54 Å². The monoisotopic (exact) mass is 281 g/mol. The van der Waals surface area contributed by atoms with E-state index in [1.807, 2.05) is 19.4 Å². The van der Waals surface area contributed by atoms with E-state index < -0.39 is 0 Å². The molecule has 19 heavy (non-hydrogen) atoms. The second-order valence-corrected chi connectivity index (χ2v) is 7.09. The third-order valence-electron chi connectivity index (χ3n) is 3.82. The number of thiazole rings is 1. The molecule has 0 spiro atoms. The minimum absolute atomic E-state index is 0.0293. The van der Waals surface area contributed by atoms with E-state index >= 15 is 0 Å². The lowest BCUT2D eigenvalue weighted by atomic mass is 9.77. The third-order valence-corrected chi connectivity index (χ3v) is 4.64. The van der Waals surface area contributed by atoms with Crippen LogP contribution in [0.3, 0.4) is 0 Å². The molecular weight excluding hydrogens is 258 g/mol. The van der Waals surface area contributed by atoms with Gasteiger partial charge in [-0.15, -0.1) is 11.3 Å². The van der Waals surface area contributed by atoms with E-state index in [0.717, 1.165) is 30.1 Å². The molecule has 5 heteroatoms. The topological polar surface area (TPSA) is 45.2 Å². The van der Waals surface area contributed by atoms with Crippen LogP contribution in [-0.2, 0) is 11.3 Å². The van der Waals surface area contributed by atoms with Gasteiger partial charge in [-0.2, -0.15) is 0 Å². The zero-order valence-corrected chi connectivity index (χ0v) is 13.0. The van der Waals surface area contributed by atoms with Gasteiger partial charge in [-0.25, -0.2) is 4.98 Å². The molecule has 2 rings (SSSR count). The molecule has 1 aliphatic heterocycles. The van der Waals surface area contributed by atoms with Crippen molar-refractivity contribution in [2.45, 2.75) is 46.2 Å². The normalized spacial score (nSPS) is 22.2. The maximum atomic E-state index is 12.6. The summed E-state index contributed by atoms with van der Waals surface area (Å²) in [5.74, 6) is 0.176. The van der Waals surface area contributed by atoms with Crippen LogP contribution in [0.5, 0.6) is 0 Å². The van der Waals surface area contributed by atoms with Crippen LogP contribution in [0.15, 0.2) is 5.38 Å². The molecule has 1 fully saturated rings. The van der Waals surface area contributed by atoms with E-state index in [-0.39, 0.29) is 17.4 Å². The van der Waals surface area contributed by atoms with Crippen molar-refractivity contribution in [3.8, 4) is 0 Å². The molecule has 1 N–H and O–H groups in total. The summed E-state index contributed by atoms with van der Waals surface area (Å²) in [6.45, 7) is 7.85. The number of carbonyl (C=O) groups excluding carboxylic acids is 1. The van der Waals surface area contributed by atoms with Crippen molar-refractivity contribution >= 4 is 17.2 Å². The number of likely N-dealkylation sites (N-methyl/N-ethyl adjacent to an activating group) is 1. The highest BCUT2D eigenvalue weighted by Gasteiger charge is 2.38. The minimum Gasteiger partial charge on any atom is -0.338 e. The molecule has 106 valence electrons. The Labute approximate surface area is 119 Å². The van der Waals surface area contributed by atoms with Crippen molar-refractivity contribution in [3.05, 3.63) is 16.1 Å². The number of rotatable bonds is 3. The van der Waals surface area contributed by atoms with Gasteiger partial charge in [0.15, 0.2) is 0 Å². The van der Waals surface area contributed by atoms with Crippen molar-refractivity contribution < 1.29 is 4.79 Å². The van der Waals surface area contributed by atoms with Gasteiger partial charge in [-0.1, -0.05) is 13.8 Å². The number of nitrogens with one attached hydrogen (secondary N) is 1. The number of hydrogen-bond donors (Lipinski definition) is 1. The highest BCUT2D eigenvalue weighted by atomic mass is 32.1. The van der Waals surface area contributed by atoms with Crippen LogP contribution in [0.25, 0.3) is 0 Å². The summed E-state index contributed by atoms with van der Waals surface area (Å²) in [5.41, 5.74) is 1.01. The number of carbonyl (C=O) groups is 1. The number of aryl methyl sites for hydroxylation is 1. The van der Waals surface area contributed by atoms with Gasteiger partial charge in [0.1, 0.15) is 0 Å². The lowest BCUT2D eigenvalue weighted by molar-refractivity contribution is -0.136. The SMILES string of the molecule is Cc1nc(CN(C)C(=O)C2NCCCC2(C)C)cs1. The summed E-state index contributed by atoms with van der Waals surface area (Å²) in [6.07, 6.45) is 2.24. The molecule has 4 nitrogen and oxygen atoms in total. The predicted molar refractivity (Wildman–Crippen MR) is 78.1 cm³/mol. The Morgan fingerprint density at radius 2 is 2.37 bits per heavy atom. The summed E-state index contributed by atoms with van der Waals surface area (Å²) < 4.78 is 0. The van der Waals surface area contributed by atoms with Gasteiger partial charge in [0.25, 0.3) is 0 Å². The summed E-state index contributed by atoms with van der Waals surface area (Å²) in [5, 5.41) is 6.45. The lowest BCUT2D eigenvalue weighted by Crippen LogP contribution is -2.55. The molecule has 1 atom stereocenters. The second kappa shape index (κ2) is 5.59. The van der Waals surface area contributed by atoms with E-state index in [1.165, 1.54) is 0 Å². The summed E-state index contributed by atoms with van der Waals surface area (Å²) >= 11 is 1.63. The molecule has 1 aromatic rings. The maximum absolute atomic E-state index is 12.6. The Bertz CT molecular complexity index is 455. The minimum atomic E-state index is -0.0778. The first-order valence-corrected chi connectivity index (χ1v) is 7.67.